The first kappa shape index (κ1) is 15.0. The van der Waals surface area contributed by atoms with Crippen LogP contribution in [0.25, 0.3) is 0 Å². The first-order valence-electron chi connectivity index (χ1n) is 6.46. The molecule has 5 nitrogen and oxygen atoms in total. The molecule has 0 aromatic carbocycles. The molecule has 104 valence electrons. The second-order valence-corrected chi connectivity index (χ2v) is 5.88. The topological polar surface area (TPSA) is 58.6 Å². The van der Waals surface area contributed by atoms with Crippen molar-refractivity contribution in [3.8, 4) is 0 Å². The van der Waals surface area contributed by atoms with E-state index in [9.17, 15) is 9.59 Å². The van der Waals surface area contributed by atoms with Crippen LogP contribution >= 0.6 is 0 Å². The molecule has 1 aliphatic heterocycles. The molecule has 0 spiro atoms. The number of piperidine rings is 1. The molecule has 0 aromatic rings. The molecule has 1 fully saturated rings. The van der Waals surface area contributed by atoms with Crippen LogP contribution in [0.4, 0.5) is 4.79 Å². The van der Waals surface area contributed by atoms with Crippen LogP contribution in [0.1, 0.15) is 40.5 Å². The van der Waals surface area contributed by atoms with Gasteiger partial charge in [-0.2, -0.15) is 0 Å². The number of likely N-dealkylation sites (tertiary alicyclic amines) is 1. The number of Topliss-reactive ketones (excluding diaryl/α,β-unsaturated/α-hetero) is 1. The Hall–Kier alpha value is -1.10. The second kappa shape index (κ2) is 6.18. The lowest BCUT2D eigenvalue weighted by atomic mass is 10.1. The van der Waals surface area contributed by atoms with Gasteiger partial charge in [-0.15, -0.1) is 0 Å². The minimum absolute atomic E-state index is 0.0208. The van der Waals surface area contributed by atoms with Gasteiger partial charge in [-0.1, -0.05) is 0 Å². The van der Waals surface area contributed by atoms with E-state index in [0.717, 1.165) is 12.8 Å². The molecule has 0 radical (unpaired) electrons. The molecule has 1 aliphatic rings. The number of nitrogens with zero attached hydrogens (tertiary/aromatic N) is 1. The van der Waals surface area contributed by atoms with Gasteiger partial charge in [0.25, 0.3) is 0 Å². The van der Waals surface area contributed by atoms with Crippen LogP contribution < -0.4 is 5.32 Å². The molecule has 0 atom stereocenters. The average Bonchev–Trinajstić information content (AvgIpc) is 2.24. The molecule has 2 amide bonds. The van der Waals surface area contributed by atoms with Crippen LogP contribution in [0.3, 0.4) is 0 Å². The number of nitrogens with one attached hydrogen (secondary N) is 1. The third-order valence-corrected chi connectivity index (χ3v) is 2.73. The van der Waals surface area contributed by atoms with Crippen molar-refractivity contribution >= 4 is 11.8 Å². The minimum Gasteiger partial charge on any atom is -0.370 e. The fraction of sp³-hybridized carbons (Fsp3) is 0.846. The summed E-state index contributed by atoms with van der Waals surface area (Å²) in [6.07, 6.45) is 1.70. The van der Waals surface area contributed by atoms with E-state index >= 15 is 0 Å². The van der Waals surface area contributed by atoms with Crippen LogP contribution in [0.5, 0.6) is 0 Å². The Kier molecular flexibility index (Phi) is 5.14. The first-order chi connectivity index (χ1) is 8.28. The predicted molar refractivity (Wildman–Crippen MR) is 69.5 cm³/mol. The molecule has 18 heavy (non-hydrogen) atoms. The molecule has 0 unspecified atom stereocenters. The SMILES string of the molecule is CC(=O)COC1CCN(C(=O)NC(C)(C)C)CC1. The summed E-state index contributed by atoms with van der Waals surface area (Å²) < 4.78 is 5.47. The molecule has 0 bridgehead atoms. The third kappa shape index (κ3) is 5.49. The Morgan fingerprint density at radius 1 is 1.28 bits per heavy atom. The average molecular weight is 256 g/mol. The Morgan fingerprint density at radius 3 is 2.28 bits per heavy atom. The number of hydrogen-bond acceptors (Lipinski definition) is 3. The fourth-order valence-corrected chi connectivity index (χ4v) is 1.86. The largest absolute Gasteiger partial charge is 0.370 e. The minimum atomic E-state index is -0.209. The summed E-state index contributed by atoms with van der Waals surface area (Å²) in [7, 11) is 0. The maximum absolute atomic E-state index is 11.9. The molecule has 0 aliphatic carbocycles. The monoisotopic (exact) mass is 256 g/mol. The van der Waals surface area contributed by atoms with Gasteiger partial charge in [0.05, 0.1) is 6.10 Å². The van der Waals surface area contributed by atoms with E-state index in [1.807, 2.05) is 20.8 Å². The van der Waals surface area contributed by atoms with Crippen LogP contribution in [0.15, 0.2) is 0 Å². The van der Waals surface area contributed by atoms with E-state index in [0.29, 0.717) is 13.1 Å². The Labute approximate surface area is 109 Å². The lowest BCUT2D eigenvalue weighted by molar-refractivity contribution is -0.124. The predicted octanol–water partition coefficient (Wildman–Crippen LogP) is 1.56. The van der Waals surface area contributed by atoms with Gasteiger partial charge in [-0.05, 0) is 40.5 Å². The molecule has 1 heterocycles. The Bertz CT molecular complexity index is 302. The highest BCUT2D eigenvalue weighted by atomic mass is 16.5. The Balaban J connectivity index is 2.30. The summed E-state index contributed by atoms with van der Waals surface area (Å²) in [5.74, 6) is 0.0444. The van der Waals surface area contributed by atoms with E-state index in [1.165, 1.54) is 6.92 Å². The van der Waals surface area contributed by atoms with Crippen LogP contribution in [-0.2, 0) is 9.53 Å². The Morgan fingerprint density at radius 2 is 1.83 bits per heavy atom. The summed E-state index contributed by atoms with van der Waals surface area (Å²) in [6.45, 7) is 8.97. The van der Waals surface area contributed by atoms with E-state index < -0.39 is 0 Å². The van der Waals surface area contributed by atoms with E-state index in [2.05, 4.69) is 5.32 Å². The molecule has 1 saturated heterocycles. The van der Waals surface area contributed by atoms with Crippen molar-refractivity contribution in [1.82, 2.24) is 10.2 Å². The van der Waals surface area contributed by atoms with Crippen molar-refractivity contribution in [2.45, 2.75) is 52.2 Å². The molecule has 0 saturated carbocycles. The van der Waals surface area contributed by atoms with Crippen molar-refractivity contribution in [3.05, 3.63) is 0 Å². The summed E-state index contributed by atoms with van der Waals surface area (Å²) in [5, 5.41) is 2.95. The van der Waals surface area contributed by atoms with Gasteiger partial charge in [0.2, 0.25) is 0 Å². The lowest BCUT2D eigenvalue weighted by Gasteiger charge is -2.34. The first-order valence-corrected chi connectivity index (χ1v) is 6.46. The summed E-state index contributed by atoms with van der Waals surface area (Å²) >= 11 is 0. The number of rotatable bonds is 3. The molecule has 0 aromatic heterocycles. The zero-order valence-electron chi connectivity index (χ0n) is 11.8. The van der Waals surface area contributed by atoms with E-state index in [1.54, 1.807) is 4.90 Å². The molecule has 1 rings (SSSR count). The van der Waals surface area contributed by atoms with Crippen molar-refractivity contribution in [2.24, 2.45) is 0 Å². The van der Waals surface area contributed by atoms with Gasteiger partial charge in [-0.3, -0.25) is 4.79 Å². The van der Waals surface area contributed by atoms with Crippen LogP contribution in [0, 0.1) is 0 Å². The highest BCUT2D eigenvalue weighted by Gasteiger charge is 2.25. The number of urea groups is 1. The fourth-order valence-electron chi connectivity index (χ4n) is 1.86. The number of ketones is 1. The summed E-state index contributed by atoms with van der Waals surface area (Å²) in [6, 6.07) is -0.0208. The van der Waals surface area contributed by atoms with Gasteiger partial charge in [-0.25, -0.2) is 4.79 Å². The van der Waals surface area contributed by atoms with Crippen LogP contribution in [-0.4, -0.2) is 48.1 Å². The normalized spacial score (nSPS) is 17.7. The van der Waals surface area contributed by atoms with Crippen molar-refractivity contribution in [1.29, 1.82) is 0 Å². The zero-order chi connectivity index (χ0) is 13.8. The lowest BCUT2D eigenvalue weighted by Crippen LogP contribution is -2.51. The number of amides is 2. The maximum Gasteiger partial charge on any atom is 0.317 e. The number of ether oxygens (including phenoxy) is 1. The van der Waals surface area contributed by atoms with Crippen molar-refractivity contribution in [2.75, 3.05) is 19.7 Å². The van der Waals surface area contributed by atoms with Gasteiger partial charge in [0.1, 0.15) is 6.61 Å². The number of carbonyl (C=O) groups excluding carboxylic acids is 2. The molecular weight excluding hydrogens is 232 g/mol. The summed E-state index contributed by atoms with van der Waals surface area (Å²) in [4.78, 5) is 24.5. The summed E-state index contributed by atoms with van der Waals surface area (Å²) in [5.41, 5.74) is -0.209. The number of hydrogen-bond donors (Lipinski definition) is 1. The molecule has 1 N–H and O–H groups in total. The smallest absolute Gasteiger partial charge is 0.317 e. The van der Waals surface area contributed by atoms with Gasteiger partial charge >= 0.3 is 6.03 Å². The van der Waals surface area contributed by atoms with Gasteiger partial charge < -0.3 is 15.0 Å². The van der Waals surface area contributed by atoms with Crippen LogP contribution in [0.2, 0.25) is 0 Å². The highest BCUT2D eigenvalue weighted by Crippen LogP contribution is 2.14. The molecular formula is C13H24N2O3. The third-order valence-electron chi connectivity index (χ3n) is 2.73. The van der Waals surface area contributed by atoms with Crippen molar-refractivity contribution < 1.29 is 14.3 Å². The number of carbonyl (C=O) groups is 2. The van der Waals surface area contributed by atoms with E-state index in [4.69, 9.17) is 4.74 Å². The highest BCUT2D eigenvalue weighted by molar-refractivity contribution is 5.76. The van der Waals surface area contributed by atoms with E-state index in [-0.39, 0.29) is 30.1 Å². The molecule has 5 heteroatoms. The second-order valence-electron chi connectivity index (χ2n) is 5.88. The zero-order valence-corrected chi connectivity index (χ0v) is 11.8. The van der Waals surface area contributed by atoms with Gasteiger partial charge in [0.15, 0.2) is 5.78 Å². The van der Waals surface area contributed by atoms with Gasteiger partial charge in [0, 0.05) is 18.6 Å². The quantitative estimate of drug-likeness (QED) is 0.833. The maximum atomic E-state index is 11.9. The van der Waals surface area contributed by atoms with Crippen molar-refractivity contribution in [3.63, 3.8) is 0 Å². The standard InChI is InChI=1S/C13H24N2O3/c1-10(16)9-18-11-5-7-15(8-6-11)12(17)14-13(2,3)4/h11H,5-9H2,1-4H3,(H,14,17).